The first kappa shape index (κ1) is 13.0. The van der Waals surface area contributed by atoms with Gasteiger partial charge in [0.15, 0.2) is 0 Å². The lowest BCUT2D eigenvalue weighted by Crippen LogP contribution is -2.06. The van der Waals surface area contributed by atoms with E-state index in [-0.39, 0.29) is 0 Å². The molecule has 0 spiro atoms. The highest BCUT2D eigenvalue weighted by molar-refractivity contribution is 9.24. The summed E-state index contributed by atoms with van der Waals surface area (Å²) in [5.41, 5.74) is 0.459. The second kappa shape index (κ2) is 5.85. The normalized spacial score (nSPS) is 11.5. The molecular formula is C11H13Br2FO. The molecule has 0 unspecified atom stereocenters. The molecule has 0 bridgehead atoms. The van der Waals surface area contributed by atoms with Crippen molar-refractivity contribution >= 4 is 31.9 Å². The standard InChI is InChI=1S/C11H13Br2FO/c1-2-3-8-15-10-7-5-4-6-9(10)11(12,13)14/h4-7H,2-3,8H2,1H3. The van der Waals surface area contributed by atoms with E-state index in [2.05, 4.69) is 38.8 Å². The summed E-state index contributed by atoms with van der Waals surface area (Å²) in [6.07, 6.45) is 2.03. The third-order valence-corrected chi connectivity index (χ3v) is 2.80. The Morgan fingerprint density at radius 2 is 2.00 bits per heavy atom. The first-order valence-electron chi connectivity index (χ1n) is 4.84. The molecule has 1 aromatic rings. The SMILES string of the molecule is CCCCOc1ccccc1C(F)(Br)Br. The van der Waals surface area contributed by atoms with E-state index in [1.807, 2.05) is 6.07 Å². The van der Waals surface area contributed by atoms with Gasteiger partial charge >= 0.3 is 0 Å². The van der Waals surface area contributed by atoms with Crippen molar-refractivity contribution in [3.8, 4) is 5.75 Å². The van der Waals surface area contributed by atoms with Crippen LogP contribution in [0.5, 0.6) is 5.75 Å². The van der Waals surface area contributed by atoms with Gasteiger partial charge in [-0.15, -0.1) is 0 Å². The zero-order valence-electron chi connectivity index (χ0n) is 8.47. The summed E-state index contributed by atoms with van der Waals surface area (Å²) in [5, 5.41) is 0. The number of rotatable bonds is 5. The molecule has 1 rings (SSSR count). The summed E-state index contributed by atoms with van der Waals surface area (Å²) < 4.78 is 17.4. The maximum Gasteiger partial charge on any atom is 0.247 e. The fourth-order valence-corrected chi connectivity index (χ4v) is 1.81. The van der Waals surface area contributed by atoms with Crippen LogP contribution >= 0.6 is 31.9 Å². The van der Waals surface area contributed by atoms with Crippen LogP contribution in [0.3, 0.4) is 0 Å². The molecule has 0 saturated heterocycles. The molecule has 0 aromatic heterocycles. The van der Waals surface area contributed by atoms with Gasteiger partial charge in [-0.25, -0.2) is 4.39 Å². The van der Waals surface area contributed by atoms with Crippen LogP contribution in [0.2, 0.25) is 0 Å². The minimum Gasteiger partial charge on any atom is -0.493 e. The topological polar surface area (TPSA) is 9.23 Å². The predicted molar refractivity (Wildman–Crippen MR) is 67.5 cm³/mol. The maximum atomic E-state index is 13.6. The summed E-state index contributed by atoms with van der Waals surface area (Å²) in [6, 6.07) is 7.06. The van der Waals surface area contributed by atoms with Crippen LogP contribution in [0, 0.1) is 0 Å². The van der Waals surface area contributed by atoms with E-state index < -0.39 is 3.49 Å². The lowest BCUT2D eigenvalue weighted by molar-refractivity contribution is 0.299. The first-order chi connectivity index (χ1) is 7.05. The van der Waals surface area contributed by atoms with E-state index in [4.69, 9.17) is 4.74 Å². The molecule has 0 N–H and O–H groups in total. The van der Waals surface area contributed by atoms with Crippen molar-refractivity contribution in [3.63, 3.8) is 0 Å². The number of ether oxygens (including phenoxy) is 1. The van der Waals surface area contributed by atoms with Gasteiger partial charge in [0.25, 0.3) is 0 Å². The lowest BCUT2D eigenvalue weighted by atomic mass is 10.2. The van der Waals surface area contributed by atoms with Gasteiger partial charge in [0.2, 0.25) is 3.49 Å². The number of halogens is 3. The van der Waals surface area contributed by atoms with Gasteiger partial charge < -0.3 is 4.74 Å². The molecule has 1 aromatic carbocycles. The molecule has 0 heterocycles. The summed E-state index contributed by atoms with van der Waals surface area (Å²) in [4.78, 5) is 0. The van der Waals surface area contributed by atoms with Crippen molar-refractivity contribution in [3.05, 3.63) is 29.8 Å². The molecule has 15 heavy (non-hydrogen) atoms. The highest BCUT2D eigenvalue weighted by Crippen LogP contribution is 2.43. The second-order valence-corrected chi connectivity index (χ2v) is 6.45. The van der Waals surface area contributed by atoms with Gasteiger partial charge in [-0.05, 0) is 44.3 Å². The number of benzene rings is 1. The number of hydrogen-bond acceptors (Lipinski definition) is 1. The third kappa shape index (κ3) is 4.11. The molecule has 0 atom stereocenters. The van der Waals surface area contributed by atoms with E-state index in [0.717, 1.165) is 12.8 Å². The number of alkyl halides is 3. The first-order valence-corrected chi connectivity index (χ1v) is 6.43. The van der Waals surface area contributed by atoms with Crippen LogP contribution in [-0.4, -0.2) is 6.61 Å². The van der Waals surface area contributed by atoms with Crippen LogP contribution in [-0.2, 0) is 3.49 Å². The Hall–Kier alpha value is -0.0900. The van der Waals surface area contributed by atoms with Gasteiger partial charge in [0.1, 0.15) is 5.75 Å². The number of para-hydroxylation sites is 1. The number of unbranched alkanes of at least 4 members (excludes halogenated alkanes) is 1. The Morgan fingerprint density at radius 3 is 2.60 bits per heavy atom. The van der Waals surface area contributed by atoms with E-state index in [9.17, 15) is 4.39 Å². The molecule has 0 saturated carbocycles. The third-order valence-electron chi connectivity index (χ3n) is 1.95. The molecule has 0 aliphatic carbocycles. The molecule has 1 nitrogen and oxygen atoms in total. The van der Waals surface area contributed by atoms with Gasteiger partial charge in [0, 0.05) is 0 Å². The largest absolute Gasteiger partial charge is 0.493 e. The van der Waals surface area contributed by atoms with Gasteiger partial charge in [0.05, 0.1) is 12.2 Å². The van der Waals surface area contributed by atoms with Crippen molar-refractivity contribution in [1.29, 1.82) is 0 Å². The fraction of sp³-hybridized carbons (Fsp3) is 0.455. The summed E-state index contributed by atoms with van der Waals surface area (Å²) in [5.74, 6) is 0.571. The molecular weight excluding hydrogens is 327 g/mol. The molecule has 84 valence electrons. The Morgan fingerprint density at radius 1 is 1.33 bits per heavy atom. The molecule has 0 radical (unpaired) electrons. The van der Waals surface area contributed by atoms with Crippen LogP contribution in [0.15, 0.2) is 24.3 Å². The van der Waals surface area contributed by atoms with Crippen molar-refractivity contribution in [2.75, 3.05) is 6.61 Å². The predicted octanol–water partition coefficient (Wildman–Crippen LogP) is 4.74. The molecule has 0 aliphatic heterocycles. The van der Waals surface area contributed by atoms with Crippen molar-refractivity contribution in [2.24, 2.45) is 0 Å². The highest BCUT2D eigenvalue weighted by Gasteiger charge is 2.27. The maximum absolute atomic E-state index is 13.6. The van der Waals surface area contributed by atoms with Crippen molar-refractivity contribution in [1.82, 2.24) is 0 Å². The second-order valence-electron chi connectivity index (χ2n) is 3.20. The quantitative estimate of drug-likeness (QED) is 0.556. The minimum atomic E-state index is -1.72. The van der Waals surface area contributed by atoms with Crippen LogP contribution < -0.4 is 4.74 Å². The smallest absolute Gasteiger partial charge is 0.247 e. The number of hydrogen-bond donors (Lipinski definition) is 0. The van der Waals surface area contributed by atoms with E-state index in [1.165, 1.54) is 0 Å². The van der Waals surface area contributed by atoms with E-state index in [1.54, 1.807) is 18.2 Å². The average molecular weight is 340 g/mol. The summed E-state index contributed by atoms with van der Waals surface area (Å²) in [7, 11) is 0. The van der Waals surface area contributed by atoms with E-state index in [0.29, 0.717) is 17.9 Å². The zero-order chi connectivity index (χ0) is 11.3. The summed E-state index contributed by atoms with van der Waals surface area (Å²) in [6.45, 7) is 2.70. The molecule has 0 aliphatic rings. The Labute approximate surface area is 106 Å². The highest BCUT2D eigenvalue weighted by atomic mass is 79.9. The molecule has 4 heteroatoms. The molecule has 0 fully saturated rings. The lowest BCUT2D eigenvalue weighted by Gasteiger charge is -2.16. The Balaban J connectivity index is 2.78. The minimum absolute atomic E-state index is 0.459. The van der Waals surface area contributed by atoms with Gasteiger partial charge in [-0.3, -0.25) is 0 Å². The zero-order valence-corrected chi connectivity index (χ0v) is 11.6. The fourth-order valence-electron chi connectivity index (χ4n) is 1.15. The van der Waals surface area contributed by atoms with E-state index >= 15 is 0 Å². The van der Waals surface area contributed by atoms with Crippen LogP contribution in [0.1, 0.15) is 25.3 Å². The van der Waals surface area contributed by atoms with Crippen molar-refractivity contribution < 1.29 is 9.13 Å². The van der Waals surface area contributed by atoms with Gasteiger partial charge in [-0.2, -0.15) is 0 Å². The van der Waals surface area contributed by atoms with Crippen LogP contribution in [0.25, 0.3) is 0 Å². The monoisotopic (exact) mass is 338 g/mol. The molecule has 0 amide bonds. The summed E-state index contributed by atoms with van der Waals surface area (Å²) >= 11 is 5.83. The van der Waals surface area contributed by atoms with Crippen molar-refractivity contribution in [2.45, 2.75) is 23.3 Å². The Kier molecular flexibility index (Phi) is 5.06. The Bertz CT molecular complexity index is 310. The van der Waals surface area contributed by atoms with Gasteiger partial charge in [-0.1, -0.05) is 31.5 Å². The van der Waals surface area contributed by atoms with Crippen LogP contribution in [0.4, 0.5) is 4.39 Å². The average Bonchev–Trinajstić information content (AvgIpc) is 2.17.